The first kappa shape index (κ1) is 19.0. The highest BCUT2D eigenvalue weighted by molar-refractivity contribution is 5.99. The van der Waals surface area contributed by atoms with Gasteiger partial charge < -0.3 is 9.47 Å². The van der Waals surface area contributed by atoms with E-state index in [2.05, 4.69) is 38.6 Å². The van der Waals surface area contributed by atoms with Crippen molar-refractivity contribution in [3.8, 4) is 11.5 Å². The highest BCUT2D eigenvalue weighted by atomic mass is 16.5. The van der Waals surface area contributed by atoms with Gasteiger partial charge in [-0.25, -0.2) is 4.79 Å². The Balaban J connectivity index is 2.13. The summed E-state index contributed by atoms with van der Waals surface area (Å²) in [6.07, 6.45) is 0. The van der Waals surface area contributed by atoms with Crippen LogP contribution >= 0.6 is 0 Å². The summed E-state index contributed by atoms with van der Waals surface area (Å²) < 4.78 is 11.6. The fraction of sp³-hybridized carbons (Fsp3) is 0.192. The van der Waals surface area contributed by atoms with Gasteiger partial charge in [0, 0.05) is 16.4 Å². The van der Waals surface area contributed by atoms with E-state index in [1.54, 1.807) is 0 Å². The first-order valence-corrected chi connectivity index (χ1v) is 9.80. The number of esters is 1. The molecule has 0 amide bonds. The Hall–Kier alpha value is -3.33. The number of rotatable bonds is 3. The maximum absolute atomic E-state index is 12.7. The van der Waals surface area contributed by atoms with E-state index >= 15 is 0 Å². The van der Waals surface area contributed by atoms with E-state index < -0.39 is 0 Å². The fourth-order valence-electron chi connectivity index (χ4n) is 3.72. The van der Waals surface area contributed by atoms with E-state index in [4.69, 9.17) is 9.47 Å². The van der Waals surface area contributed by atoms with Crippen molar-refractivity contribution in [1.82, 2.24) is 0 Å². The van der Waals surface area contributed by atoms with E-state index in [1.807, 2.05) is 44.2 Å². The van der Waals surface area contributed by atoms with Crippen molar-refractivity contribution in [3.05, 3.63) is 92.3 Å². The maximum atomic E-state index is 12.7. The van der Waals surface area contributed by atoms with E-state index in [9.17, 15) is 4.79 Å². The number of hydrogen-bond donors (Lipinski definition) is 0. The second kappa shape index (κ2) is 7.25. The zero-order valence-corrected chi connectivity index (χ0v) is 17.3. The average molecular weight is 384 g/mol. The van der Waals surface area contributed by atoms with Crippen LogP contribution in [0.4, 0.5) is 0 Å². The first-order chi connectivity index (χ1) is 13.9. The van der Waals surface area contributed by atoms with Crippen LogP contribution in [0.1, 0.15) is 45.1 Å². The molecule has 1 heterocycles. The highest BCUT2D eigenvalue weighted by Crippen LogP contribution is 2.38. The van der Waals surface area contributed by atoms with Crippen LogP contribution in [-0.2, 0) is 4.74 Å². The number of carbonyl (C=O) groups excluding carboxylic acids is 1. The van der Waals surface area contributed by atoms with Crippen molar-refractivity contribution in [2.24, 2.45) is 0 Å². The third kappa shape index (κ3) is 3.23. The molecule has 0 N–H and O–H groups in total. The SMILES string of the molecule is C=c1cc2c(cc1C)=C(c1ccccc1C(=O)OCC)c1cc(C)c(C)cc1O2. The Bertz CT molecular complexity index is 1250. The van der Waals surface area contributed by atoms with Gasteiger partial charge in [0.05, 0.1) is 12.2 Å². The molecule has 3 aromatic rings. The summed E-state index contributed by atoms with van der Waals surface area (Å²) >= 11 is 0. The zero-order valence-electron chi connectivity index (χ0n) is 17.3. The van der Waals surface area contributed by atoms with Gasteiger partial charge in [0.15, 0.2) is 0 Å². The van der Waals surface area contributed by atoms with Crippen LogP contribution in [0.5, 0.6) is 11.5 Å². The maximum Gasteiger partial charge on any atom is 0.338 e. The summed E-state index contributed by atoms with van der Waals surface area (Å²) in [6.45, 7) is 12.5. The lowest BCUT2D eigenvalue weighted by Gasteiger charge is -2.24. The molecule has 1 aliphatic rings. The molecule has 146 valence electrons. The molecule has 0 spiro atoms. The average Bonchev–Trinajstić information content (AvgIpc) is 2.69. The lowest BCUT2D eigenvalue weighted by Crippen LogP contribution is -2.22. The Labute approximate surface area is 170 Å². The van der Waals surface area contributed by atoms with Crippen LogP contribution in [0, 0.1) is 20.8 Å². The second-order valence-electron chi connectivity index (χ2n) is 7.45. The van der Waals surface area contributed by atoms with Gasteiger partial charge in [-0.05, 0) is 85.5 Å². The molecule has 4 rings (SSSR count). The van der Waals surface area contributed by atoms with E-state index in [1.165, 1.54) is 5.56 Å². The summed E-state index contributed by atoms with van der Waals surface area (Å²) in [5.74, 6) is 1.22. The molecular formula is C26H24O3. The van der Waals surface area contributed by atoms with Gasteiger partial charge in [-0.15, -0.1) is 0 Å². The molecule has 0 atom stereocenters. The molecule has 0 saturated carbocycles. The molecule has 0 aromatic heterocycles. The summed E-state index contributed by atoms with van der Waals surface area (Å²) in [6, 6.07) is 15.9. The van der Waals surface area contributed by atoms with Gasteiger partial charge in [0.2, 0.25) is 0 Å². The number of aryl methyl sites for hydroxylation is 3. The summed E-state index contributed by atoms with van der Waals surface area (Å²) in [5, 5.41) is 1.89. The van der Waals surface area contributed by atoms with Gasteiger partial charge in [-0.3, -0.25) is 0 Å². The topological polar surface area (TPSA) is 35.5 Å². The van der Waals surface area contributed by atoms with Crippen molar-refractivity contribution in [3.63, 3.8) is 0 Å². The molecule has 0 fully saturated rings. The van der Waals surface area contributed by atoms with Gasteiger partial charge >= 0.3 is 5.97 Å². The summed E-state index contributed by atoms with van der Waals surface area (Å²) in [4.78, 5) is 12.7. The van der Waals surface area contributed by atoms with Gasteiger partial charge in [0.1, 0.15) is 11.5 Å². The largest absolute Gasteiger partial charge is 0.462 e. The molecule has 3 heteroatoms. The molecule has 0 unspecified atom stereocenters. The van der Waals surface area contributed by atoms with Gasteiger partial charge in [0.25, 0.3) is 0 Å². The first-order valence-electron chi connectivity index (χ1n) is 9.80. The number of benzene rings is 3. The standard InChI is InChI=1S/C26H24O3/c1-6-28-26(27)20-10-8-7-9-19(20)25-21-11-15(2)17(4)13-23(21)29-24-14-18(5)16(3)12-22(24)25/h7-14H,4,6H2,1-3,5H3. The third-order valence-electron chi connectivity index (χ3n) is 5.48. The quantitative estimate of drug-likeness (QED) is 0.486. The predicted octanol–water partition coefficient (Wildman–Crippen LogP) is 4.55. The van der Waals surface area contributed by atoms with Crippen molar-refractivity contribution in [1.29, 1.82) is 0 Å². The lowest BCUT2D eigenvalue weighted by atomic mass is 9.87. The monoisotopic (exact) mass is 384 g/mol. The minimum atomic E-state index is -0.320. The zero-order chi connectivity index (χ0) is 20.7. The number of carbonyl (C=O) groups is 1. The summed E-state index contributed by atoms with van der Waals surface area (Å²) in [7, 11) is 0. The Morgan fingerprint density at radius 2 is 1.66 bits per heavy atom. The Kier molecular flexibility index (Phi) is 4.75. The van der Waals surface area contributed by atoms with Crippen LogP contribution < -0.4 is 15.2 Å². The van der Waals surface area contributed by atoms with Crippen molar-refractivity contribution >= 4 is 18.1 Å². The second-order valence-corrected chi connectivity index (χ2v) is 7.45. The minimum Gasteiger partial charge on any atom is -0.462 e. The van der Waals surface area contributed by atoms with E-state index in [0.717, 1.165) is 49.8 Å². The van der Waals surface area contributed by atoms with Crippen molar-refractivity contribution in [2.45, 2.75) is 27.7 Å². The molecule has 0 bridgehead atoms. The Morgan fingerprint density at radius 3 is 2.41 bits per heavy atom. The van der Waals surface area contributed by atoms with Crippen LogP contribution in [0.3, 0.4) is 0 Å². The van der Waals surface area contributed by atoms with E-state index in [-0.39, 0.29) is 5.97 Å². The molecule has 3 aromatic carbocycles. The predicted molar refractivity (Wildman–Crippen MR) is 116 cm³/mol. The van der Waals surface area contributed by atoms with Gasteiger partial charge in [-0.1, -0.05) is 24.8 Å². The van der Waals surface area contributed by atoms with Crippen LogP contribution in [0.2, 0.25) is 0 Å². The normalized spacial score (nSPS) is 12.1. The molecular weight excluding hydrogens is 360 g/mol. The van der Waals surface area contributed by atoms with Gasteiger partial charge in [-0.2, -0.15) is 0 Å². The third-order valence-corrected chi connectivity index (χ3v) is 5.48. The Morgan fingerprint density at radius 1 is 0.931 bits per heavy atom. The number of hydrogen-bond acceptors (Lipinski definition) is 3. The van der Waals surface area contributed by atoms with Crippen molar-refractivity contribution < 1.29 is 14.3 Å². The molecule has 0 radical (unpaired) electrons. The number of ether oxygens (including phenoxy) is 2. The van der Waals surface area contributed by atoms with Crippen LogP contribution in [-0.4, -0.2) is 12.6 Å². The molecule has 3 nitrogen and oxygen atoms in total. The summed E-state index contributed by atoms with van der Waals surface area (Å²) in [5.41, 5.74) is 6.77. The molecule has 0 aliphatic carbocycles. The molecule has 1 aliphatic heterocycles. The lowest BCUT2D eigenvalue weighted by molar-refractivity contribution is 0.0526. The smallest absolute Gasteiger partial charge is 0.338 e. The number of fused-ring (bicyclic) bond motifs is 2. The fourth-order valence-corrected chi connectivity index (χ4v) is 3.72. The van der Waals surface area contributed by atoms with Crippen LogP contribution in [0.25, 0.3) is 12.2 Å². The van der Waals surface area contributed by atoms with Crippen molar-refractivity contribution in [2.75, 3.05) is 6.61 Å². The molecule has 0 saturated heterocycles. The minimum absolute atomic E-state index is 0.320. The highest BCUT2D eigenvalue weighted by Gasteiger charge is 2.25. The van der Waals surface area contributed by atoms with E-state index in [0.29, 0.717) is 12.2 Å². The molecule has 29 heavy (non-hydrogen) atoms. The van der Waals surface area contributed by atoms with Crippen LogP contribution in [0.15, 0.2) is 48.5 Å².